The lowest BCUT2D eigenvalue weighted by Crippen LogP contribution is -2.31. The number of aliphatic hydroxyl groups excluding tert-OH is 1. The molecule has 0 bridgehead atoms. The van der Waals surface area contributed by atoms with Crippen LogP contribution in [-0.4, -0.2) is 54.5 Å². The molecule has 7 nitrogen and oxygen atoms in total. The van der Waals surface area contributed by atoms with Gasteiger partial charge in [-0.25, -0.2) is 4.79 Å². The molecule has 150 valence electrons. The summed E-state index contributed by atoms with van der Waals surface area (Å²) in [5.41, 5.74) is 1.31. The maximum atomic E-state index is 13.0. The van der Waals surface area contributed by atoms with Gasteiger partial charge in [-0.1, -0.05) is 23.7 Å². The van der Waals surface area contributed by atoms with Crippen molar-refractivity contribution in [2.45, 2.75) is 0 Å². The molecule has 0 atom stereocenters. The number of β-amino-alcohol motifs (C(OH)–C–C–N with tert-alkyl or cyclic N) is 1. The number of halogens is 1. The van der Waals surface area contributed by atoms with Gasteiger partial charge in [0, 0.05) is 28.4 Å². The van der Waals surface area contributed by atoms with E-state index in [2.05, 4.69) is 5.32 Å². The standard InChI is InChI=1S/C21H19ClN2O5/c1-29-21(28)16-12-24(10-11-25)20(27)18(16)23-17-5-3-2-4-15(17)19(26)13-6-8-14(22)9-7-13/h2-9,23,25H,10-12H2,1H3. The largest absolute Gasteiger partial charge is 0.466 e. The molecule has 1 aliphatic rings. The zero-order valence-corrected chi connectivity index (χ0v) is 16.4. The van der Waals surface area contributed by atoms with Gasteiger partial charge in [0.2, 0.25) is 0 Å². The third-order valence-electron chi connectivity index (χ3n) is 4.49. The van der Waals surface area contributed by atoms with E-state index >= 15 is 0 Å². The SMILES string of the molecule is COC(=O)C1=C(Nc2ccccc2C(=O)c2ccc(Cl)cc2)C(=O)N(CCO)C1. The van der Waals surface area contributed by atoms with Crippen LogP contribution in [0.3, 0.4) is 0 Å². The van der Waals surface area contributed by atoms with E-state index in [1.165, 1.54) is 12.0 Å². The average Bonchev–Trinajstić information content (AvgIpc) is 3.04. The summed E-state index contributed by atoms with van der Waals surface area (Å²) < 4.78 is 4.78. The van der Waals surface area contributed by atoms with Crippen LogP contribution in [0.4, 0.5) is 5.69 Å². The number of anilines is 1. The first-order valence-corrected chi connectivity index (χ1v) is 9.22. The molecule has 0 aromatic heterocycles. The van der Waals surface area contributed by atoms with Crippen molar-refractivity contribution in [3.63, 3.8) is 0 Å². The van der Waals surface area contributed by atoms with Crippen molar-refractivity contribution in [3.8, 4) is 0 Å². The number of ether oxygens (including phenoxy) is 1. The first-order chi connectivity index (χ1) is 14.0. The Balaban J connectivity index is 1.97. The number of nitrogens with zero attached hydrogens (tertiary/aromatic N) is 1. The van der Waals surface area contributed by atoms with E-state index in [0.717, 1.165) is 0 Å². The minimum atomic E-state index is -0.650. The summed E-state index contributed by atoms with van der Waals surface area (Å²) in [5, 5.41) is 12.6. The maximum absolute atomic E-state index is 13.0. The van der Waals surface area contributed by atoms with Crippen molar-refractivity contribution in [3.05, 3.63) is 76.0 Å². The van der Waals surface area contributed by atoms with Crippen molar-refractivity contribution < 1.29 is 24.2 Å². The van der Waals surface area contributed by atoms with Crippen molar-refractivity contribution in [2.75, 3.05) is 32.1 Å². The second-order valence-electron chi connectivity index (χ2n) is 6.30. The molecule has 0 saturated carbocycles. The summed E-state index contributed by atoms with van der Waals surface area (Å²) in [4.78, 5) is 39.1. The number of carbonyl (C=O) groups is 3. The Kier molecular flexibility index (Phi) is 6.31. The van der Waals surface area contributed by atoms with Gasteiger partial charge in [-0.15, -0.1) is 0 Å². The van der Waals surface area contributed by atoms with E-state index in [1.54, 1.807) is 48.5 Å². The highest BCUT2D eigenvalue weighted by atomic mass is 35.5. The molecule has 2 N–H and O–H groups in total. The van der Waals surface area contributed by atoms with E-state index in [4.69, 9.17) is 21.4 Å². The number of aliphatic hydroxyl groups is 1. The van der Waals surface area contributed by atoms with Crippen LogP contribution in [-0.2, 0) is 14.3 Å². The van der Waals surface area contributed by atoms with E-state index in [1.807, 2.05) is 0 Å². The predicted octanol–water partition coefficient (Wildman–Crippen LogP) is 2.24. The number of nitrogens with one attached hydrogen (secondary N) is 1. The minimum absolute atomic E-state index is 0.0156. The number of methoxy groups -OCH3 is 1. The quantitative estimate of drug-likeness (QED) is 0.533. The third-order valence-corrected chi connectivity index (χ3v) is 4.74. The molecule has 29 heavy (non-hydrogen) atoms. The van der Waals surface area contributed by atoms with Gasteiger partial charge in [0.15, 0.2) is 5.78 Å². The topological polar surface area (TPSA) is 95.9 Å². The molecule has 0 unspecified atom stereocenters. The summed E-state index contributed by atoms with van der Waals surface area (Å²) in [6.07, 6.45) is 0. The van der Waals surface area contributed by atoms with Crippen LogP contribution in [0.1, 0.15) is 15.9 Å². The second-order valence-corrected chi connectivity index (χ2v) is 6.74. The Morgan fingerprint density at radius 2 is 1.86 bits per heavy atom. The van der Waals surface area contributed by atoms with Crippen LogP contribution in [0.15, 0.2) is 59.8 Å². The maximum Gasteiger partial charge on any atom is 0.337 e. The summed E-state index contributed by atoms with van der Waals surface area (Å²) >= 11 is 5.89. The number of esters is 1. The van der Waals surface area contributed by atoms with Crippen LogP contribution >= 0.6 is 11.6 Å². The second kappa shape index (κ2) is 8.89. The molecule has 0 fully saturated rings. The Bertz CT molecular complexity index is 985. The zero-order valence-electron chi connectivity index (χ0n) is 15.6. The molecule has 0 radical (unpaired) electrons. The molecule has 2 aromatic carbocycles. The fourth-order valence-electron chi connectivity index (χ4n) is 3.03. The third kappa shape index (κ3) is 4.31. The molecular weight excluding hydrogens is 396 g/mol. The number of hydrogen-bond acceptors (Lipinski definition) is 6. The Morgan fingerprint density at radius 3 is 2.52 bits per heavy atom. The molecular formula is C21H19ClN2O5. The molecule has 1 heterocycles. The Hall–Kier alpha value is -3.16. The molecule has 1 aliphatic heterocycles. The number of carbonyl (C=O) groups excluding carboxylic acids is 3. The number of rotatable bonds is 7. The van der Waals surface area contributed by atoms with E-state index in [0.29, 0.717) is 21.8 Å². The van der Waals surface area contributed by atoms with E-state index in [9.17, 15) is 14.4 Å². The predicted molar refractivity (Wildman–Crippen MR) is 108 cm³/mol. The molecule has 0 saturated heterocycles. The van der Waals surface area contributed by atoms with Crippen LogP contribution in [0.25, 0.3) is 0 Å². The van der Waals surface area contributed by atoms with Crippen LogP contribution < -0.4 is 5.32 Å². The number of benzene rings is 2. The van der Waals surface area contributed by atoms with Crippen LogP contribution in [0.2, 0.25) is 5.02 Å². The molecule has 0 spiro atoms. The summed E-state index contributed by atoms with van der Waals surface area (Å²) in [6.45, 7) is -0.142. The number of para-hydroxylation sites is 1. The molecule has 8 heteroatoms. The van der Waals surface area contributed by atoms with Gasteiger partial charge in [0.25, 0.3) is 5.91 Å². The van der Waals surface area contributed by atoms with Crippen LogP contribution in [0, 0.1) is 0 Å². The molecule has 1 amide bonds. The summed E-state index contributed by atoms with van der Waals surface area (Å²) in [6, 6.07) is 13.2. The lowest BCUT2D eigenvalue weighted by atomic mass is 10.0. The fraction of sp³-hybridized carbons (Fsp3) is 0.190. The van der Waals surface area contributed by atoms with Gasteiger partial charge in [-0.3, -0.25) is 9.59 Å². The summed E-state index contributed by atoms with van der Waals surface area (Å²) in [5.74, 6) is -1.36. The van der Waals surface area contributed by atoms with Gasteiger partial charge in [-0.05, 0) is 36.4 Å². The summed E-state index contributed by atoms with van der Waals surface area (Å²) in [7, 11) is 1.23. The number of ketones is 1. The van der Waals surface area contributed by atoms with Crippen molar-refractivity contribution >= 4 is 34.9 Å². The van der Waals surface area contributed by atoms with Crippen LogP contribution in [0.5, 0.6) is 0 Å². The monoisotopic (exact) mass is 414 g/mol. The lowest BCUT2D eigenvalue weighted by Gasteiger charge is -2.16. The number of hydrogen-bond donors (Lipinski definition) is 2. The zero-order chi connectivity index (χ0) is 21.0. The normalized spacial score (nSPS) is 13.6. The van der Waals surface area contributed by atoms with Crippen molar-refractivity contribution in [1.29, 1.82) is 0 Å². The molecule has 2 aromatic rings. The minimum Gasteiger partial charge on any atom is -0.466 e. The smallest absolute Gasteiger partial charge is 0.337 e. The van der Waals surface area contributed by atoms with E-state index < -0.39 is 11.9 Å². The van der Waals surface area contributed by atoms with Gasteiger partial charge >= 0.3 is 5.97 Å². The van der Waals surface area contributed by atoms with E-state index in [-0.39, 0.29) is 36.7 Å². The number of amides is 1. The Morgan fingerprint density at radius 1 is 1.17 bits per heavy atom. The highest BCUT2D eigenvalue weighted by molar-refractivity contribution is 6.30. The first kappa shape index (κ1) is 20.6. The van der Waals surface area contributed by atoms with Gasteiger partial charge in [-0.2, -0.15) is 0 Å². The van der Waals surface area contributed by atoms with Gasteiger partial charge in [0.05, 0.1) is 25.8 Å². The van der Waals surface area contributed by atoms with Gasteiger partial charge < -0.3 is 20.1 Å². The molecule has 3 rings (SSSR count). The lowest BCUT2D eigenvalue weighted by molar-refractivity contribution is -0.136. The highest BCUT2D eigenvalue weighted by Gasteiger charge is 2.34. The Labute approximate surface area is 172 Å². The molecule has 0 aliphatic carbocycles. The highest BCUT2D eigenvalue weighted by Crippen LogP contribution is 2.26. The first-order valence-electron chi connectivity index (χ1n) is 8.84. The van der Waals surface area contributed by atoms with Gasteiger partial charge in [0.1, 0.15) is 5.70 Å². The fourth-order valence-corrected chi connectivity index (χ4v) is 3.16. The van der Waals surface area contributed by atoms with Crippen molar-refractivity contribution in [1.82, 2.24) is 4.90 Å². The average molecular weight is 415 g/mol. The van der Waals surface area contributed by atoms with Crippen molar-refractivity contribution in [2.24, 2.45) is 0 Å².